The molecule has 7 nitrogen and oxygen atoms in total. The Morgan fingerprint density at radius 2 is 1.53 bits per heavy atom. The van der Waals surface area contributed by atoms with Crippen LogP contribution in [0.3, 0.4) is 0 Å². The molecule has 1 aliphatic heterocycles. The van der Waals surface area contributed by atoms with E-state index in [1.165, 1.54) is 29.2 Å². The van der Waals surface area contributed by atoms with Crippen LogP contribution >= 0.6 is 0 Å². The number of carbonyl (C=O) groups is 3. The number of cyclic esters (lactones) is 1. The van der Waals surface area contributed by atoms with Crippen LogP contribution in [0.5, 0.6) is 0 Å². The van der Waals surface area contributed by atoms with Gasteiger partial charge in [0.05, 0.1) is 6.54 Å². The van der Waals surface area contributed by atoms with Crippen molar-refractivity contribution in [3.63, 3.8) is 0 Å². The molecule has 3 aromatic carbocycles. The van der Waals surface area contributed by atoms with Gasteiger partial charge in [0.2, 0.25) is 5.91 Å². The van der Waals surface area contributed by atoms with Gasteiger partial charge in [0.15, 0.2) is 12.1 Å². The average Bonchev–Trinajstić information content (AvgIpc) is 3.18. The summed E-state index contributed by atoms with van der Waals surface area (Å²) in [4.78, 5) is 39.7. The molecule has 0 bridgehead atoms. The van der Waals surface area contributed by atoms with Crippen LogP contribution in [0.15, 0.2) is 72.8 Å². The van der Waals surface area contributed by atoms with E-state index in [-0.39, 0.29) is 12.5 Å². The zero-order chi connectivity index (χ0) is 25.7. The Hall–Kier alpha value is -4.20. The SMILES string of the molecule is CCCC(=O)Nc1ccc([C@@H]2OC(=O)N(Cc3ccc(C)cc3)[C@H]2C(=O)Nc2ccc(F)cc2)cc1. The molecular formula is C28H28FN3O4. The molecular weight excluding hydrogens is 461 g/mol. The fourth-order valence-corrected chi connectivity index (χ4v) is 4.06. The summed E-state index contributed by atoms with van der Waals surface area (Å²) in [5.74, 6) is -0.958. The van der Waals surface area contributed by atoms with Crippen molar-refractivity contribution >= 4 is 29.3 Å². The highest BCUT2D eigenvalue weighted by atomic mass is 19.1. The van der Waals surface area contributed by atoms with E-state index in [0.717, 1.165) is 17.5 Å². The van der Waals surface area contributed by atoms with Gasteiger partial charge in [-0.25, -0.2) is 9.18 Å². The molecule has 1 saturated heterocycles. The second-order valence-electron chi connectivity index (χ2n) is 8.78. The molecule has 0 aromatic heterocycles. The quantitative estimate of drug-likeness (QED) is 0.433. The van der Waals surface area contributed by atoms with Gasteiger partial charge in [0.25, 0.3) is 5.91 Å². The van der Waals surface area contributed by atoms with Gasteiger partial charge in [-0.3, -0.25) is 14.5 Å². The van der Waals surface area contributed by atoms with Crippen molar-refractivity contribution in [3.05, 3.63) is 95.3 Å². The Morgan fingerprint density at radius 3 is 2.17 bits per heavy atom. The fraction of sp³-hybridized carbons (Fsp3) is 0.250. The highest BCUT2D eigenvalue weighted by Crippen LogP contribution is 2.35. The van der Waals surface area contributed by atoms with Crippen molar-refractivity contribution in [1.29, 1.82) is 0 Å². The number of ether oxygens (including phenoxy) is 1. The smallest absolute Gasteiger partial charge is 0.411 e. The van der Waals surface area contributed by atoms with Crippen LogP contribution in [0.25, 0.3) is 0 Å². The van der Waals surface area contributed by atoms with E-state index in [2.05, 4.69) is 10.6 Å². The first-order chi connectivity index (χ1) is 17.3. The highest BCUT2D eigenvalue weighted by Gasteiger charge is 2.47. The number of hydrogen-bond donors (Lipinski definition) is 2. The Bertz CT molecular complexity index is 1230. The van der Waals surface area contributed by atoms with Crippen molar-refractivity contribution in [2.24, 2.45) is 0 Å². The monoisotopic (exact) mass is 489 g/mol. The maximum Gasteiger partial charge on any atom is 0.411 e. The first-order valence-electron chi connectivity index (χ1n) is 11.8. The largest absolute Gasteiger partial charge is 0.438 e. The molecule has 2 atom stereocenters. The number of benzene rings is 3. The number of hydrogen-bond acceptors (Lipinski definition) is 4. The van der Waals surface area contributed by atoms with E-state index in [1.54, 1.807) is 24.3 Å². The summed E-state index contributed by atoms with van der Waals surface area (Å²) in [6, 6.07) is 19.0. The minimum atomic E-state index is -0.968. The normalized spacial score (nSPS) is 17.0. The van der Waals surface area contributed by atoms with Crippen LogP contribution in [-0.2, 0) is 20.9 Å². The van der Waals surface area contributed by atoms with Gasteiger partial charge in [-0.15, -0.1) is 0 Å². The molecule has 8 heteroatoms. The Morgan fingerprint density at radius 1 is 0.917 bits per heavy atom. The third kappa shape index (κ3) is 5.89. The summed E-state index contributed by atoms with van der Waals surface area (Å²) < 4.78 is 19.0. The van der Waals surface area contributed by atoms with Gasteiger partial charge in [0, 0.05) is 17.8 Å². The molecule has 0 radical (unpaired) electrons. The lowest BCUT2D eigenvalue weighted by molar-refractivity contribution is -0.121. The molecule has 1 heterocycles. The summed E-state index contributed by atoms with van der Waals surface area (Å²) in [7, 11) is 0. The van der Waals surface area contributed by atoms with Crippen LogP contribution in [0, 0.1) is 12.7 Å². The van der Waals surface area contributed by atoms with Gasteiger partial charge in [0.1, 0.15) is 5.82 Å². The maximum absolute atomic E-state index is 13.4. The van der Waals surface area contributed by atoms with Gasteiger partial charge in [-0.2, -0.15) is 0 Å². The zero-order valence-corrected chi connectivity index (χ0v) is 20.2. The zero-order valence-electron chi connectivity index (χ0n) is 20.2. The molecule has 0 saturated carbocycles. The average molecular weight is 490 g/mol. The number of carbonyl (C=O) groups excluding carboxylic acids is 3. The summed E-state index contributed by atoms with van der Waals surface area (Å²) in [6.07, 6.45) is -0.325. The lowest BCUT2D eigenvalue weighted by Crippen LogP contribution is -2.43. The second kappa shape index (κ2) is 11.0. The Labute approximate surface area is 209 Å². The van der Waals surface area contributed by atoms with Crippen LogP contribution in [0.2, 0.25) is 0 Å². The molecule has 0 unspecified atom stereocenters. The topological polar surface area (TPSA) is 87.7 Å². The minimum absolute atomic E-state index is 0.0848. The lowest BCUT2D eigenvalue weighted by Gasteiger charge is -2.24. The molecule has 4 rings (SSSR count). The number of anilines is 2. The fourth-order valence-electron chi connectivity index (χ4n) is 4.06. The predicted molar refractivity (Wildman–Crippen MR) is 135 cm³/mol. The second-order valence-corrected chi connectivity index (χ2v) is 8.78. The molecule has 186 valence electrons. The summed E-state index contributed by atoms with van der Waals surface area (Å²) in [5.41, 5.74) is 3.57. The molecule has 2 N–H and O–H groups in total. The van der Waals surface area contributed by atoms with E-state index in [9.17, 15) is 18.8 Å². The van der Waals surface area contributed by atoms with E-state index in [4.69, 9.17) is 4.74 Å². The van der Waals surface area contributed by atoms with Crippen LogP contribution in [0.4, 0.5) is 20.6 Å². The summed E-state index contributed by atoms with van der Waals surface area (Å²) in [5, 5.41) is 5.59. The highest BCUT2D eigenvalue weighted by molar-refractivity contribution is 5.98. The lowest BCUT2D eigenvalue weighted by atomic mass is 10.00. The van der Waals surface area contributed by atoms with E-state index < -0.39 is 30.0 Å². The molecule has 3 aromatic rings. The molecule has 0 aliphatic carbocycles. The van der Waals surface area contributed by atoms with Gasteiger partial charge >= 0.3 is 6.09 Å². The van der Waals surface area contributed by atoms with Crippen LogP contribution < -0.4 is 10.6 Å². The summed E-state index contributed by atoms with van der Waals surface area (Å²) >= 11 is 0. The molecule has 36 heavy (non-hydrogen) atoms. The minimum Gasteiger partial charge on any atom is -0.438 e. The van der Waals surface area contributed by atoms with Gasteiger partial charge in [-0.05, 0) is 60.9 Å². The van der Waals surface area contributed by atoms with Crippen LogP contribution in [-0.4, -0.2) is 28.8 Å². The number of rotatable bonds is 8. The molecule has 0 spiro atoms. The number of nitrogens with zero attached hydrogens (tertiary/aromatic N) is 1. The molecule has 1 fully saturated rings. The first kappa shape index (κ1) is 24.9. The van der Waals surface area contributed by atoms with E-state index in [0.29, 0.717) is 23.4 Å². The third-order valence-corrected chi connectivity index (χ3v) is 5.94. The van der Waals surface area contributed by atoms with Crippen molar-refractivity contribution < 1.29 is 23.5 Å². The maximum atomic E-state index is 13.4. The van der Waals surface area contributed by atoms with Crippen molar-refractivity contribution in [2.75, 3.05) is 10.6 Å². The van der Waals surface area contributed by atoms with Crippen molar-refractivity contribution in [3.8, 4) is 0 Å². The van der Waals surface area contributed by atoms with Crippen molar-refractivity contribution in [1.82, 2.24) is 4.90 Å². The number of halogens is 1. The van der Waals surface area contributed by atoms with Crippen molar-refractivity contribution in [2.45, 2.75) is 45.4 Å². The molecule has 3 amide bonds. The van der Waals surface area contributed by atoms with Crippen LogP contribution in [0.1, 0.15) is 42.6 Å². The van der Waals surface area contributed by atoms with E-state index >= 15 is 0 Å². The standard InChI is InChI=1S/C28H28FN3O4/c1-3-4-24(33)30-22-13-9-20(10-14-22)26-25(27(34)31-23-15-11-21(29)12-16-23)32(28(35)36-26)17-19-7-5-18(2)6-8-19/h5-16,25-26H,3-4,17H2,1-2H3,(H,30,33)(H,31,34)/t25-,26+/m1/s1. The van der Waals surface area contributed by atoms with Gasteiger partial charge in [-0.1, -0.05) is 48.9 Å². The molecule has 1 aliphatic rings. The summed E-state index contributed by atoms with van der Waals surface area (Å²) in [6.45, 7) is 4.08. The van der Waals surface area contributed by atoms with E-state index in [1.807, 2.05) is 38.1 Å². The first-order valence-corrected chi connectivity index (χ1v) is 11.8. The number of aryl methyl sites for hydroxylation is 1. The van der Waals surface area contributed by atoms with Gasteiger partial charge < -0.3 is 15.4 Å². The Balaban J connectivity index is 1.60. The Kier molecular flexibility index (Phi) is 7.63. The third-order valence-electron chi connectivity index (χ3n) is 5.94. The number of nitrogens with one attached hydrogen (secondary N) is 2. The predicted octanol–water partition coefficient (Wildman–Crippen LogP) is 5.57. The number of amides is 3.